The van der Waals surface area contributed by atoms with Gasteiger partial charge in [-0.3, -0.25) is 0 Å². The fraction of sp³-hybridized carbons (Fsp3) is 0.333. The quantitative estimate of drug-likeness (QED) is 0.430. The van der Waals surface area contributed by atoms with Crippen molar-refractivity contribution in [1.82, 2.24) is 0 Å². The Morgan fingerprint density at radius 2 is 2.00 bits per heavy atom. The number of aliphatic carboxylic acids is 1. The Balaban J connectivity index is -0.000000126. The Morgan fingerprint density at radius 3 is 2.00 bits per heavy atom. The SMILES string of the molecule is C=CC(=O)O.CCOC(N)=O.[SiH4]. The van der Waals surface area contributed by atoms with E-state index in [0.29, 0.717) is 6.61 Å². The number of carboxylic acids is 1. The van der Waals surface area contributed by atoms with Crippen LogP contribution in [0.15, 0.2) is 12.7 Å². The minimum atomic E-state index is -0.981. The predicted octanol–water partition coefficient (Wildman–Crippen LogP) is -1.09. The van der Waals surface area contributed by atoms with Gasteiger partial charge in [0.2, 0.25) is 0 Å². The van der Waals surface area contributed by atoms with Crippen LogP contribution in [0.3, 0.4) is 0 Å². The maximum absolute atomic E-state index is 9.60. The van der Waals surface area contributed by atoms with Crippen LogP contribution in [0.4, 0.5) is 4.79 Å². The van der Waals surface area contributed by atoms with Gasteiger partial charge in [0, 0.05) is 6.08 Å². The molecule has 3 N–H and O–H groups in total. The third-order valence-corrected chi connectivity index (χ3v) is 0.461. The molecule has 0 aliphatic heterocycles. The molecule has 0 aromatic carbocycles. The van der Waals surface area contributed by atoms with E-state index in [1.54, 1.807) is 6.92 Å². The summed E-state index contributed by atoms with van der Waals surface area (Å²) in [5.41, 5.74) is 4.54. The van der Waals surface area contributed by atoms with Gasteiger partial charge in [-0.25, -0.2) is 9.59 Å². The van der Waals surface area contributed by atoms with Gasteiger partial charge in [0.1, 0.15) is 0 Å². The average Bonchev–Trinajstić information content (AvgIpc) is 1.89. The lowest BCUT2D eigenvalue weighted by Crippen LogP contribution is -2.11. The molecule has 0 aliphatic carbocycles. The first-order chi connectivity index (χ1) is 5.04. The molecule has 0 heterocycles. The van der Waals surface area contributed by atoms with Crippen molar-refractivity contribution in [3.63, 3.8) is 0 Å². The third kappa shape index (κ3) is 37.7. The monoisotopic (exact) mass is 193 g/mol. The zero-order chi connectivity index (χ0) is 9.28. The Morgan fingerprint density at radius 1 is 1.67 bits per heavy atom. The van der Waals surface area contributed by atoms with E-state index >= 15 is 0 Å². The molecule has 5 nitrogen and oxygen atoms in total. The van der Waals surface area contributed by atoms with Crippen molar-refractivity contribution < 1.29 is 19.4 Å². The van der Waals surface area contributed by atoms with Crippen LogP contribution in [-0.4, -0.2) is 34.7 Å². The summed E-state index contributed by atoms with van der Waals surface area (Å²) in [6.45, 7) is 5.02. The molecule has 0 radical (unpaired) electrons. The van der Waals surface area contributed by atoms with Crippen molar-refractivity contribution in [2.75, 3.05) is 6.61 Å². The van der Waals surface area contributed by atoms with E-state index < -0.39 is 12.1 Å². The summed E-state index contributed by atoms with van der Waals surface area (Å²) < 4.78 is 4.18. The summed E-state index contributed by atoms with van der Waals surface area (Å²) in [6, 6.07) is 0. The van der Waals surface area contributed by atoms with Crippen molar-refractivity contribution in [2.24, 2.45) is 5.73 Å². The number of ether oxygens (including phenoxy) is 1. The van der Waals surface area contributed by atoms with Crippen LogP contribution in [-0.2, 0) is 9.53 Å². The van der Waals surface area contributed by atoms with Gasteiger partial charge < -0.3 is 15.6 Å². The zero-order valence-electron chi connectivity index (χ0n) is 6.24. The molecule has 0 spiro atoms. The van der Waals surface area contributed by atoms with Gasteiger partial charge in [-0.05, 0) is 17.9 Å². The summed E-state index contributed by atoms with van der Waals surface area (Å²) in [6.07, 6.45) is 0.123. The second-order valence-electron chi connectivity index (χ2n) is 1.29. The maximum Gasteiger partial charge on any atom is 0.404 e. The Kier molecular flexibility index (Phi) is 17.5. The Labute approximate surface area is 75.2 Å². The van der Waals surface area contributed by atoms with E-state index in [1.165, 1.54) is 0 Å². The minimum absolute atomic E-state index is 0. The number of hydrogen-bond donors (Lipinski definition) is 2. The molecule has 1 amide bonds. The van der Waals surface area contributed by atoms with Crippen molar-refractivity contribution in [2.45, 2.75) is 6.92 Å². The molecule has 0 aromatic rings. The lowest BCUT2D eigenvalue weighted by molar-refractivity contribution is -0.131. The second kappa shape index (κ2) is 12.4. The molecule has 0 fully saturated rings. The standard InChI is InChI=1S/C3H7NO2.C3H4O2.H4Si/c1-2-6-3(4)5;1-2-3(4)5;/h2H2,1H3,(H2,4,5);2H,1H2,(H,4,5);1H4. The van der Waals surface area contributed by atoms with Gasteiger partial charge in [-0.2, -0.15) is 0 Å². The highest BCUT2D eigenvalue weighted by Gasteiger charge is 1.82. The largest absolute Gasteiger partial charge is 0.478 e. The fourth-order valence-corrected chi connectivity index (χ4v) is 0.142. The molecule has 0 aliphatic rings. The van der Waals surface area contributed by atoms with Crippen LogP contribution >= 0.6 is 0 Å². The maximum atomic E-state index is 9.60. The number of amides is 1. The van der Waals surface area contributed by atoms with Gasteiger partial charge in [-0.1, -0.05) is 6.58 Å². The lowest BCUT2D eigenvalue weighted by Gasteiger charge is -1.89. The molecule has 0 atom stereocenters. The first kappa shape index (κ1) is 17.0. The highest BCUT2D eigenvalue weighted by molar-refractivity contribution is 5.78. The van der Waals surface area contributed by atoms with Crippen LogP contribution in [0.1, 0.15) is 6.92 Å². The highest BCUT2D eigenvalue weighted by atomic mass is 28.1. The second-order valence-corrected chi connectivity index (χ2v) is 1.29. The van der Waals surface area contributed by atoms with Crippen LogP contribution in [0, 0.1) is 0 Å². The van der Waals surface area contributed by atoms with Crippen molar-refractivity contribution in [1.29, 1.82) is 0 Å². The number of primary amides is 1. The van der Waals surface area contributed by atoms with Gasteiger partial charge >= 0.3 is 12.1 Å². The smallest absolute Gasteiger partial charge is 0.404 e. The molecule has 0 saturated carbocycles. The molecule has 12 heavy (non-hydrogen) atoms. The van der Waals surface area contributed by atoms with Gasteiger partial charge in [0.05, 0.1) is 6.61 Å². The highest BCUT2D eigenvalue weighted by Crippen LogP contribution is 1.66. The molecule has 0 saturated heterocycles. The molecule has 72 valence electrons. The van der Waals surface area contributed by atoms with Crippen LogP contribution in [0.5, 0.6) is 0 Å². The average molecular weight is 193 g/mol. The van der Waals surface area contributed by atoms with Crippen LogP contribution in [0.2, 0.25) is 0 Å². The lowest BCUT2D eigenvalue weighted by atomic mass is 10.7. The molecular formula is C6H15NO4Si. The molecule has 0 unspecified atom stereocenters. The van der Waals surface area contributed by atoms with Crippen LogP contribution < -0.4 is 5.73 Å². The Hall–Kier alpha value is -1.30. The number of carboxylic acid groups (broad SMARTS) is 1. The molecule has 0 rings (SSSR count). The minimum Gasteiger partial charge on any atom is -0.478 e. The van der Waals surface area contributed by atoms with Gasteiger partial charge in [0.25, 0.3) is 0 Å². The van der Waals surface area contributed by atoms with E-state index in [4.69, 9.17) is 5.11 Å². The van der Waals surface area contributed by atoms with E-state index in [1.807, 2.05) is 0 Å². The number of hydrogen-bond acceptors (Lipinski definition) is 3. The summed E-state index contributed by atoms with van der Waals surface area (Å²) >= 11 is 0. The molecular weight excluding hydrogens is 178 g/mol. The molecule has 0 bridgehead atoms. The first-order valence-electron chi connectivity index (χ1n) is 2.82. The van der Waals surface area contributed by atoms with Crippen molar-refractivity contribution >= 4 is 23.0 Å². The number of nitrogens with two attached hydrogens (primary N) is 1. The number of carbonyl (C=O) groups excluding carboxylic acids is 1. The summed E-state index contributed by atoms with van der Waals surface area (Å²) in [7, 11) is 0. The first-order valence-corrected chi connectivity index (χ1v) is 2.82. The van der Waals surface area contributed by atoms with E-state index in [9.17, 15) is 9.59 Å². The van der Waals surface area contributed by atoms with E-state index in [2.05, 4.69) is 17.0 Å². The summed E-state index contributed by atoms with van der Waals surface area (Å²) in [5.74, 6) is -0.981. The summed E-state index contributed by atoms with van der Waals surface area (Å²) in [5, 5.41) is 7.60. The summed E-state index contributed by atoms with van der Waals surface area (Å²) in [4.78, 5) is 18.8. The predicted molar refractivity (Wildman–Crippen MR) is 50.4 cm³/mol. The van der Waals surface area contributed by atoms with E-state index in [-0.39, 0.29) is 11.0 Å². The van der Waals surface area contributed by atoms with Crippen LogP contribution in [0.25, 0.3) is 0 Å². The van der Waals surface area contributed by atoms with Gasteiger partial charge in [0.15, 0.2) is 0 Å². The molecule has 0 aromatic heterocycles. The third-order valence-electron chi connectivity index (χ3n) is 0.461. The zero-order valence-corrected chi connectivity index (χ0v) is 6.24. The number of carbonyl (C=O) groups is 2. The van der Waals surface area contributed by atoms with Gasteiger partial charge in [-0.15, -0.1) is 0 Å². The fourth-order valence-electron chi connectivity index (χ4n) is 0.142. The number of rotatable bonds is 2. The van der Waals surface area contributed by atoms with E-state index in [0.717, 1.165) is 6.08 Å². The Bertz CT molecular complexity index is 148. The van der Waals surface area contributed by atoms with Crippen molar-refractivity contribution in [3.8, 4) is 0 Å². The normalized spacial score (nSPS) is 6.42. The topological polar surface area (TPSA) is 89.6 Å². The van der Waals surface area contributed by atoms with Crippen molar-refractivity contribution in [3.05, 3.63) is 12.7 Å². The molecule has 6 heteroatoms.